The third-order valence-corrected chi connectivity index (χ3v) is 5.22. The molecule has 0 fully saturated rings. The third-order valence-electron chi connectivity index (χ3n) is 2.47. The van der Waals surface area contributed by atoms with Crippen molar-refractivity contribution in [1.29, 1.82) is 5.26 Å². The number of nitrogens with one attached hydrogen (secondary N) is 1. The summed E-state index contributed by atoms with van der Waals surface area (Å²) in [5, 5.41) is 11.8. The second kappa shape index (κ2) is 8.83. The van der Waals surface area contributed by atoms with E-state index in [4.69, 9.17) is 9.79 Å². The quantitative estimate of drug-likeness (QED) is 0.538. The van der Waals surface area contributed by atoms with Gasteiger partial charge in [-0.1, -0.05) is 0 Å². The number of nitriles is 1. The minimum atomic E-state index is -0.705. The highest BCUT2D eigenvalue weighted by Gasteiger charge is 2.29. The molecule has 0 spiro atoms. The van der Waals surface area contributed by atoms with E-state index in [1.807, 2.05) is 7.05 Å². The van der Waals surface area contributed by atoms with Gasteiger partial charge in [-0.25, -0.2) is 0 Å². The molecule has 1 N–H and O–H groups in total. The molecule has 0 rings (SSSR count). The van der Waals surface area contributed by atoms with Crippen LogP contribution in [0.3, 0.4) is 0 Å². The highest BCUT2D eigenvalue weighted by atomic mass is 31.2. The Kier molecular flexibility index (Phi) is 8.72. The lowest BCUT2D eigenvalue weighted by Gasteiger charge is -2.39. The van der Waals surface area contributed by atoms with Gasteiger partial charge in [0.05, 0.1) is 24.9 Å². The maximum Gasteiger partial charge on any atom is 0.122 e. The molecule has 0 aliphatic heterocycles. The van der Waals surface area contributed by atoms with Gasteiger partial charge in [-0.2, -0.15) is 5.26 Å². The van der Waals surface area contributed by atoms with Crippen molar-refractivity contribution in [2.45, 2.75) is 58.9 Å². The fourth-order valence-electron chi connectivity index (χ4n) is 1.73. The van der Waals surface area contributed by atoms with E-state index in [0.29, 0.717) is 30.9 Å². The molecule has 0 aromatic heterocycles. The molecular weight excluding hydrogens is 233 g/mol. The van der Waals surface area contributed by atoms with Gasteiger partial charge in [0.2, 0.25) is 0 Å². The van der Waals surface area contributed by atoms with Crippen molar-refractivity contribution in [3.05, 3.63) is 0 Å². The van der Waals surface area contributed by atoms with Crippen molar-refractivity contribution in [3.8, 4) is 6.07 Å². The molecule has 2 unspecified atom stereocenters. The molecule has 0 amide bonds. The van der Waals surface area contributed by atoms with Gasteiger partial charge in [0, 0.05) is 12.1 Å². The van der Waals surface area contributed by atoms with E-state index in [1.54, 1.807) is 0 Å². The molecule has 17 heavy (non-hydrogen) atoms. The lowest BCUT2D eigenvalue weighted by Crippen LogP contribution is -2.38. The number of nitrogens with zero attached hydrogens (tertiary/aromatic N) is 2. The van der Waals surface area contributed by atoms with E-state index in [-0.39, 0.29) is 0 Å². The molecule has 0 aliphatic carbocycles. The van der Waals surface area contributed by atoms with Gasteiger partial charge in [-0.3, -0.25) is 4.67 Å². The summed E-state index contributed by atoms with van der Waals surface area (Å²) in [6.07, 6.45) is 0.458. The minimum Gasteiger partial charge on any atom is -0.341 e. The van der Waals surface area contributed by atoms with Crippen LogP contribution in [0.15, 0.2) is 0 Å². The molecule has 0 aromatic rings. The van der Waals surface area contributed by atoms with Crippen LogP contribution in [0.1, 0.15) is 41.0 Å². The Morgan fingerprint density at radius 1 is 1.24 bits per heavy atom. The summed E-state index contributed by atoms with van der Waals surface area (Å²) in [7, 11) is 1.25. The van der Waals surface area contributed by atoms with Gasteiger partial charge in [-0.05, 0) is 41.7 Å². The standard InChI is InChI=1S/C12H26N3OP/c1-10(2)15(11(3)4)17(12(5)14-6)16-9-7-8-13/h10-12,14H,7,9H2,1-6H3. The Balaban J connectivity index is 4.68. The van der Waals surface area contributed by atoms with Crippen LogP contribution in [-0.2, 0) is 4.52 Å². The van der Waals surface area contributed by atoms with Crippen molar-refractivity contribution in [1.82, 2.24) is 9.99 Å². The minimum absolute atomic E-state index is 0.300. The largest absolute Gasteiger partial charge is 0.341 e. The van der Waals surface area contributed by atoms with E-state index in [0.717, 1.165) is 0 Å². The Hall–Kier alpha value is -0.200. The van der Waals surface area contributed by atoms with Gasteiger partial charge < -0.3 is 9.84 Å². The van der Waals surface area contributed by atoms with Crippen molar-refractivity contribution in [2.24, 2.45) is 0 Å². The predicted octanol–water partition coefficient (Wildman–Crippen LogP) is 2.91. The first-order valence-electron chi connectivity index (χ1n) is 6.20. The zero-order valence-corrected chi connectivity index (χ0v) is 12.8. The second-order valence-electron chi connectivity index (χ2n) is 4.58. The van der Waals surface area contributed by atoms with E-state index in [2.05, 4.69) is 50.7 Å². The first-order valence-corrected chi connectivity index (χ1v) is 7.48. The Bertz CT molecular complexity index is 232. The highest BCUT2D eigenvalue weighted by molar-refractivity contribution is 7.50. The molecule has 0 saturated carbocycles. The van der Waals surface area contributed by atoms with Crippen LogP contribution in [0.4, 0.5) is 0 Å². The Labute approximate surface area is 107 Å². The molecule has 0 radical (unpaired) electrons. The van der Waals surface area contributed by atoms with Crippen molar-refractivity contribution in [2.75, 3.05) is 13.7 Å². The maximum atomic E-state index is 8.58. The molecule has 100 valence electrons. The molecule has 2 atom stereocenters. The smallest absolute Gasteiger partial charge is 0.122 e. The topological polar surface area (TPSA) is 48.3 Å². The van der Waals surface area contributed by atoms with Crippen molar-refractivity contribution in [3.63, 3.8) is 0 Å². The fraction of sp³-hybridized carbons (Fsp3) is 0.917. The maximum absolute atomic E-state index is 8.58. The second-order valence-corrected chi connectivity index (χ2v) is 6.68. The van der Waals surface area contributed by atoms with Gasteiger partial charge in [0.15, 0.2) is 0 Å². The molecule has 0 saturated heterocycles. The molecular formula is C12H26N3OP. The summed E-state index contributed by atoms with van der Waals surface area (Å²) in [4.78, 5) is 0. The SMILES string of the molecule is CNC(C)P(OCCC#N)N(C(C)C)C(C)C. The zero-order valence-electron chi connectivity index (χ0n) is 11.9. The van der Waals surface area contributed by atoms with Crippen LogP contribution in [-0.4, -0.2) is 36.2 Å². The van der Waals surface area contributed by atoms with Crippen LogP contribution in [0, 0.1) is 11.3 Å². The molecule has 5 heteroatoms. The van der Waals surface area contributed by atoms with Gasteiger partial charge in [-0.15, -0.1) is 0 Å². The summed E-state index contributed by atoms with van der Waals surface area (Å²) >= 11 is 0. The Morgan fingerprint density at radius 2 is 1.76 bits per heavy atom. The van der Waals surface area contributed by atoms with Crippen molar-refractivity contribution >= 4 is 8.30 Å². The summed E-state index contributed by atoms with van der Waals surface area (Å²) in [5.41, 5.74) is 0. The van der Waals surface area contributed by atoms with Gasteiger partial charge in [0.25, 0.3) is 0 Å². The number of rotatable bonds is 8. The van der Waals surface area contributed by atoms with Gasteiger partial charge in [0.1, 0.15) is 8.30 Å². The summed E-state index contributed by atoms with van der Waals surface area (Å²) in [5.74, 6) is 0.300. The normalized spacial score (nSPS) is 15.3. The van der Waals surface area contributed by atoms with Crippen LogP contribution in [0.2, 0.25) is 0 Å². The third kappa shape index (κ3) is 5.79. The van der Waals surface area contributed by atoms with Gasteiger partial charge >= 0.3 is 0 Å². The van der Waals surface area contributed by atoms with Crippen LogP contribution in [0.5, 0.6) is 0 Å². The predicted molar refractivity (Wildman–Crippen MR) is 73.7 cm³/mol. The van der Waals surface area contributed by atoms with Crippen LogP contribution >= 0.6 is 8.30 Å². The van der Waals surface area contributed by atoms with E-state index >= 15 is 0 Å². The lowest BCUT2D eigenvalue weighted by atomic mass is 10.3. The fourth-order valence-corrected chi connectivity index (χ4v) is 3.89. The first kappa shape index (κ1) is 16.8. The average Bonchev–Trinajstić information content (AvgIpc) is 2.25. The first-order chi connectivity index (χ1) is 7.95. The number of hydrogen-bond acceptors (Lipinski definition) is 4. The van der Waals surface area contributed by atoms with E-state index < -0.39 is 8.30 Å². The average molecular weight is 259 g/mol. The lowest BCUT2D eigenvalue weighted by molar-refractivity contribution is 0.250. The van der Waals surface area contributed by atoms with Crippen LogP contribution in [0.25, 0.3) is 0 Å². The van der Waals surface area contributed by atoms with Crippen LogP contribution < -0.4 is 5.32 Å². The van der Waals surface area contributed by atoms with Crippen molar-refractivity contribution < 1.29 is 4.52 Å². The summed E-state index contributed by atoms with van der Waals surface area (Å²) in [6.45, 7) is 11.4. The molecule has 0 aliphatic rings. The van der Waals surface area contributed by atoms with E-state index in [9.17, 15) is 0 Å². The molecule has 0 aromatic carbocycles. The molecule has 0 heterocycles. The number of hydrogen-bond donors (Lipinski definition) is 1. The molecule has 4 nitrogen and oxygen atoms in total. The zero-order chi connectivity index (χ0) is 13.4. The highest BCUT2D eigenvalue weighted by Crippen LogP contribution is 2.47. The Morgan fingerprint density at radius 3 is 2.12 bits per heavy atom. The molecule has 0 bridgehead atoms. The summed E-state index contributed by atoms with van der Waals surface area (Å²) in [6, 6.07) is 3.01. The van der Waals surface area contributed by atoms with E-state index in [1.165, 1.54) is 0 Å². The summed E-state index contributed by atoms with van der Waals surface area (Å²) < 4.78 is 8.32. The monoisotopic (exact) mass is 259 g/mol.